The zero-order valence-corrected chi connectivity index (χ0v) is 20.2. The largest absolute Gasteiger partial charge is 0.475 e. The molecule has 2 aliphatic rings. The van der Waals surface area contributed by atoms with Gasteiger partial charge in [0, 0.05) is 16.6 Å². The third-order valence-corrected chi connectivity index (χ3v) is 7.16. The van der Waals surface area contributed by atoms with Crippen molar-refractivity contribution in [1.82, 2.24) is 4.98 Å². The second-order valence-corrected chi connectivity index (χ2v) is 10.1. The Labute approximate surface area is 196 Å². The number of fused-ring (bicyclic) bond motifs is 3. The predicted octanol–water partition coefficient (Wildman–Crippen LogP) is 6.43. The van der Waals surface area contributed by atoms with E-state index >= 15 is 0 Å². The third-order valence-electron chi connectivity index (χ3n) is 7.16. The molecule has 4 heteroatoms. The van der Waals surface area contributed by atoms with E-state index in [1.54, 1.807) is 6.07 Å². The maximum absolute atomic E-state index is 11.1. The van der Waals surface area contributed by atoms with Crippen LogP contribution in [0.1, 0.15) is 112 Å². The molecule has 2 N–H and O–H groups in total. The second kappa shape index (κ2) is 10.0. The SMILES string of the molecule is CCCCCCCCC1C=CC(C=Cc2ccc(C(=O)O)o2)=c2[nH]c3c(c21)C(C)(C)CCC=3. The Morgan fingerprint density at radius 1 is 1.18 bits per heavy atom. The lowest BCUT2D eigenvalue weighted by Gasteiger charge is -2.30. The summed E-state index contributed by atoms with van der Waals surface area (Å²) in [6.07, 6.45) is 22.2. The van der Waals surface area contributed by atoms with Crippen LogP contribution in [0.3, 0.4) is 0 Å². The summed E-state index contributed by atoms with van der Waals surface area (Å²) in [5.41, 5.74) is 4.23. The average Bonchev–Trinajstić information content (AvgIpc) is 3.41. The van der Waals surface area contributed by atoms with Crippen LogP contribution >= 0.6 is 0 Å². The fourth-order valence-electron chi connectivity index (χ4n) is 5.37. The van der Waals surface area contributed by atoms with E-state index in [9.17, 15) is 4.79 Å². The van der Waals surface area contributed by atoms with Crippen LogP contribution in [-0.2, 0) is 5.41 Å². The number of hydrogen-bond acceptors (Lipinski definition) is 2. The molecule has 0 amide bonds. The molecule has 0 aliphatic heterocycles. The molecule has 2 aliphatic carbocycles. The van der Waals surface area contributed by atoms with Crippen molar-refractivity contribution in [3.63, 3.8) is 0 Å². The molecule has 0 bridgehead atoms. The quantitative estimate of drug-likeness (QED) is 0.413. The molecule has 2 aromatic rings. The van der Waals surface area contributed by atoms with E-state index in [4.69, 9.17) is 9.52 Å². The summed E-state index contributed by atoms with van der Waals surface area (Å²) in [6, 6.07) is 3.20. The molecule has 1 atom stereocenters. The molecule has 0 saturated heterocycles. The summed E-state index contributed by atoms with van der Waals surface area (Å²) in [7, 11) is 0. The van der Waals surface area contributed by atoms with Crippen molar-refractivity contribution in [3.8, 4) is 0 Å². The number of unbranched alkanes of at least 4 members (excludes halogenated alkanes) is 5. The summed E-state index contributed by atoms with van der Waals surface area (Å²) in [6.45, 7) is 7.01. The number of aromatic nitrogens is 1. The lowest BCUT2D eigenvalue weighted by Crippen LogP contribution is -2.30. The van der Waals surface area contributed by atoms with Crippen molar-refractivity contribution in [1.29, 1.82) is 0 Å². The van der Waals surface area contributed by atoms with Gasteiger partial charge in [0.1, 0.15) is 5.76 Å². The van der Waals surface area contributed by atoms with E-state index in [-0.39, 0.29) is 11.2 Å². The molecule has 4 rings (SSSR count). The number of rotatable bonds is 10. The van der Waals surface area contributed by atoms with E-state index in [0.29, 0.717) is 11.7 Å². The first kappa shape index (κ1) is 23.4. The van der Waals surface area contributed by atoms with Crippen LogP contribution in [0.4, 0.5) is 0 Å². The van der Waals surface area contributed by atoms with Gasteiger partial charge in [-0.25, -0.2) is 4.79 Å². The van der Waals surface area contributed by atoms with Gasteiger partial charge in [-0.1, -0.05) is 77.5 Å². The molecule has 2 heterocycles. The Balaban J connectivity index is 1.66. The Bertz CT molecular complexity index is 1170. The average molecular weight is 448 g/mol. The normalized spacial score (nSPS) is 18.9. The number of aromatic carboxylic acids is 1. The number of aromatic amines is 1. The topological polar surface area (TPSA) is 66.2 Å². The van der Waals surface area contributed by atoms with Gasteiger partial charge in [-0.05, 0) is 65.7 Å². The fourth-order valence-corrected chi connectivity index (χ4v) is 5.37. The number of hydrogen-bond donors (Lipinski definition) is 2. The van der Waals surface area contributed by atoms with E-state index in [0.717, 1.165) is 12.0 Å². The standard InChI is InChI=1S/C29H37NO3/c1-4-5-6-7-8-9-11-20-13-14-21(15-16-22-17-18-24(33-22)28(31)32)27-25(20)26-23(30-27)12-10-19-29(26,2)3/h12-18,20,30H,4-11,19H2,1-3H3,(H,31,32). The van der Waals surface area contributed by atoms with E-state index in [1.807, 2.05) is 12.2 Å². The number of carbonyl (C=O) groups is 1. The molecule has 0 aromatic carbocycles. The smallest absolute Gasteiger partial charge is 0.371 e. The number of allylic oxidation sites excluding steroid dienone is 3. The van der Waals surface area contributed by atoms with Crippen LogP contribution in [0, 0.1) is 0 Å². The first-order valence-electron chi connectivity index (χ1n) is 12.6. The van der Waals surface area contributed by atoms with Crippen molar-refractivity contribution >= 4 is 23.7 Å². The maximum atomic E-state index is 11.1. The van der Waals surface area contributed by atoms with Crippen LogP contribution < -0.4 is 10.7 Å². The molecule has 4 nitrogen and oxygen atoms in total. The summed E-state index contributed by atoms with van der Waals surface area (Å²) in [5, 5.41) is 11.6. The number of nitrogens with one attached hydrogen (secondary N) is 1. The van der Waals surface area contributed by atoms with Gasteiger partial charge in [0.25, 0.3) is 0 Å². The zero-order chi connectivity index (χ0) is 23.4. The number of carboxylic acids is 1. The Morgan fingerprint density at radius 2 is 1.97 bits per heavy atom. The number of H-pyrrole nitrogens is 1. The van der Waals surface area contributed by atoms with Crippen molar-refractivity contribution in [2.45, 2.75) is 89.9 Å². The van der Waals surface area contributed by atoms with Crippen LogP contribution in [0.25, 0.3) is 17.7 Å². The lowest BCUT2D eigenvalue weighted by molar-refractivity contribution is 0.0662. The van der Waals surface area contributed by atoms with Crippen molar-refractivity contribution in [3.05, 3.63) is 63.7 Å². The second-order valence-electron chi connectivity index (χ2n) is 10.1. The van der Waals surface area contributed by atoms with E-state index < -0.39 is 5.97 Å². The Morgan fingerprint density at radius 3 is 2.73 bits per heavy atom. The monoisotopic (exact) mass is 447 g/mol. The van der Waals surface area contributed by atoms with Gasteiger partial charge in [0.05, 0.1) is 0 Å². The highest BCUT2D eigenvalue weighted by Crippen LogP contribution is 2.37. The van der Waals surface area contributed by atoms with Crippen molar-refractivity contribution in [2.75, 3.05) is 0 Å². The highest BCUT2D eigenvalue weighted by Gasteiger charge is 2.32. The molecular formula is C29H37NO3. The van der Waals surface area contributed by atoms with Gasteiger partial charge in [-0.15, -0.1) is 0 Å². The Hall–Kier alpha value is -2.75. The molecular weight excluding hydrogens is 410 g/mol. The van der Waals surface area contributed by atoms with E-state index in [2.05, 4.69) is 44.0 Å². The van der Waals surface area contributed by atoms with Gasteiger partial charge >= 0.3 is 5.97 Å². The number of furan rings is 1. The van der Waals surface area contributed by atoms with Gasteiger partial charge in [-0.2, -0.15) is 0 Å². The van der Waals surface area contributed by atoms with Gasteiger partial charge in [-0.3, -0.25) is 0 Å². The molecule has 0 saturated carbocycles. The van der Waals surface area contributed by atoms with Crippen LogP contribution in [0.15, 0.2) is 34.8 Å². The van der Waals surface area contributed by atoms with Crippen molar-refractivity contribution in [2.24, 2.45) is 0 Å². The van der Waals surface area contributed by atoms with Crippen LogP contribution in [0.2, 0.25) is 0 Å². The van der Waals surface area contributed by atoms with Crippen LogP contribution in [0.5, 0.6) is 0 Å². The summed E-state index contributed by atoms with van der Waals surface area (Å²) < 4.78 is 5.41. The zero-order valence-electron chi connectivity index (χ0n) is 20.2. The minimum absolute atomic E-state index is 0.0368. The summed E-state index contributed by atoms with van der Waals surface area (Å²) >= 11 is 0. The lowest BCUT2D eigenvalue weighted by atomic mass is 9.73. The molecule has 0 spiro atoms. The fraction of sp³-hybridized carbons (Fsp3) is 0.483. The molecule has 176 valence electrons. The molecule has 33 heavy (non-hydrogen) atoms. The Kier molecular flexibility index (Phi) is 7.11. The van der Waals surface area contributed by atoms with Crippen LogP contribution in [-0.4, -0.2) is 16.1 Å². The minimum Gasteiger partial charge on any atom is -0.475 e. The summed E-state index contributed by atoms with van der Waals surface area (Å²) in [4.78, 5) is 14.9. The predicted molar refractivity (Wildman–Crippen MR) is 135 cm³/mol. The number of carboxylic acid groups (broad SMARTS) is 1. The maximum Gasteiger partial charge on any atom is 0.371 e. The molecule has 1 unspecified atom stereocenters. The van der Waals surface area contributed by atoms with Crippen molar-refractivity contribution < 1.29 is 14.3 Å². The van der Waals surface area contributed by atoms with E-state index in [1.165, 1.54) is 79.3 Å². The van der Waals surface area contributed by atoms with Gasteiger partial charge in [0.2, 0.25) is 5.76 Å². The first-order chi connectivity index (χ1) is 15.9. The third kappa shape index (κ3) is 5.10. The molecule has 0 fully saturated rings. The highest BCUT2D eigenvalue weighted by atomic mass is 16.4. The minimum atomic E-state index is -1.05. The van der Waals surface area contributed by atoms with Gasteiger partial charge in [0.15, 0.2) is 0 Å². The molecule has 0 radical (unpaired) electrons. The molecule has 2 aromatic heterocycles. The summed E-state index contributed by atoms with van der Waals surface area (Å²) in [5.74, 6) is -0.0942. The van der Waals surface area contributed by atoms with Gasteiger partial charge < -0.3 is 14.5 Å². The first-order valence-corrected chi connectivity index (χ1v) is 12.6. The highest BCUT2D eigenvalue weighted by molar-refractivity contribution is 5.85.